The topological polar surface area (TPSA) is 46.1 Å². The number of hydrogen-bond acceptors (Lipinski definition) is 4. The summed E-state index contributed by atoms with van der Waals surface area (Å²) in [6.45, 7) is 1.40. The Bertz CT molecular complexity index is 760. The SMILES string of the molecule is CN(C)CCCn1c(-c2cccc(OC(F)(F)C(F)F)c2)n[nH]c1=S. The number of ether oxygens (including phenoxy) is 1. The lowest BCUT2D eigenvalue weighted by atomic mass is 10.2. The van der Waals surface area contributed by atoms with Crippen LogP contribution in [0.15, 0.2) is 24.3 Å². The van der Waals surface area contributed by atoms with Crippen molar-refractivity contribution >= 4 is 12.2 Å². The van der Waals surface area contributed by atoms with Crippen LogP contribution in [0.4, 0.5) is 17.6 Å². The van der Waals surface area contributed by atoms with Crippen molar-refractivity contribution < 1.29 is 22.3 Å². The average molecular weight is 378 g/mol. The van der Waals surface area contributed by atoms with Crippen LogP contribution in [-0.4, -0.2) is 52.8 Å². The molecule has 0 saturated heterocycles. The normalized spacial score (nSPS) is 12.2. The maximum absolute atomic E-state index is 13.1. The van der Waals surface area contributed by atoms with Crippen molar-refractivity contribution in [3.05, 3.63) is 29.0 Å². The number of H-pyrrole nitrogens is 1. The third-order valence-electron chi connectivity index (χ3n) is 3.35. The van der Waals surface area contributed by atoms with Crippen LogP contribution in [-0.2, 0) is 6.54 Å². The van der Waals surface area contributed by atoms with Crippen LogP contribution in [0.3, 0.4) is 0 Å². The highest BCUT2D eigenvalue weighted by atomic mass is 32.1. The molecule has 0 atom stereocenters. The third kappa shape index (κ3) is 5.02. The highest BCUT2D eigenvalue weighted by Crippen LogP contribution is 2.30. The Morgan fingerprint density at radius 2 is 2.08 bits per heavy atom. The molecule has 1 aromatic carbocycles. The summed E-state index contributed by atoms with van der Waals surface area (Å²) in [5.41, 5.74) is 0.430. The Labute approximate surface area is 147 Å². The third-order valence-corrected chi connectivity index (χ3v) is 3.66. The van der Waals surface area contributed by atoms with Crippen molar-refractivity contribution in [3.8, 4) is 17.1 Å². The Balaban J connectivity index is 2.25. The van der Waals surface area contributed by atoms with Crippen molar-refractivity contribution in [2.75, 3.05) is 20.6 Å². The zero-order chi connectivity index (χ0) is 18.6. The second-order valence-corrected chi connectivity index (χ2v) is 6.04. The van der Waals surface area contributed by atoms with Crippen molar-refractivity contribution in [1.82, 2.24) is 19.7 Å². The molecule has 2 rings (SSSR count). The van der Waals surface area contributed by atoms with E-state index in [9.17, 15) is 17.6 Å². The van der Waals surface area contributed by atoms with Gasteiger partial charge in [-0.25, -0.2) is 0 Å². The maximum atomic E-state index is 13.1. The molecule has 0 aliphatic heterocycles. The first-order valence-corrected chi connectivity index (χ1v) is 7.87. The minimum absolute atomic E-state index is 0.378. The Kier molecular flexibility index (Phi) is 6.17. The molecule has 1 aromatic heterocycles. The first-order chi connectivity index (χ1) is 11.7. The molecular formula is C15H18F4N4OS. The van der Waals surface area contributed by atoms with E-state index in [0.717, 1.165) is 13.0 Å². The highest BCUT2D eigenvalue weighted by molar-refractivity contribution is 7.71. The predicted octanol–water partition coefficient (Wildman–Crippen LogP) is 3.80. The summed E-state index contributed by atoms with van der Waals surface area (Å²) in [6, 6.07) is 5.44. The van der Waals surface area contributed by atoms with E-state index in [1.54, 1.807) is 10.6 Å². The van der Waals surface area contributed by atoms with Crippen molar-refractivity contribution in [2.45, 2.75) is 25.5 Å². The number of rotatable bonds is 8. The molecule has 0 saturated carbocycles. The quantitative estimate of drug-likeness (QED) is 0.561. The minimum atomic E-state index is -4.56. The summed E-state index contributed by atoms with van der Waals surface area (Å²) in [4.78, 5) is 2.02. The van der Waals surface area contributed by atoms with Crippen molar-refractivity contribution in [3.63, 3.8) is 0 Å². The number of halogens is 4. The molecule has 0 amide bonds. The molecule has 0 fully saturated rings. The molecule has 0 aliphatic carbocycles. The van der Waals surface area contributed by atoms with Gasteiger partial charge in [-0.3, -0.25) is 5.10 Å². The summed E-state index contributed by atoms with van der Waals surface area (Å²) in [5, 5.41) is 6.75. The number of alkyl halides is 4. The van der Waals surface area contributed by atoms with Gasteiger partial charge in [0.05, 0.1) is 0 Å². The zero-order valence-corrected chi connectivity index (χ0v) is 14.5. The highest BCUT2D eigenvalue weighted by Gasteiger charge is 2.44. The molecule has 10 heteroatoms. The van der Waals surface area contributed by atoms with E-state index >= 15 is 0 Å². The van der Waals surface area contributed by atoms with Gasteiger partial charge >= 0.3 is 12.5 Å². The van der Waals surface area contributed by atoms with Gasteiger partial charge in [-0.05, 0) is 51.4 Å². The first kappa shape index (κ1) is 19.4. The number of nitrogens with one attached hydrogen (secondary N) is 1. The fourth-order valence-electron chi connectivity index (χ4n) is 2.19. The first-order valence-electron chi connectivity index (χ1n) is 7.46. The van der Waals surface area contributed by atoms with E-state index in [4.69, 9.17) is 12.2 Å². The molecule has 0 unspecified atom stereocenters. The summed E-state index contributed by atoms with van der Waals surface area (Å²) in [7, 11) is 3.89. The van der Waals surface area contributed by atoms with Crippen molar-refractivity contribution in [1.29, 1.82) is 0 Å². The van der Waals surface area contributed by atoms with Gasteiger partial charge in [-0.2, -0.15) is 22.7 Å². The van der Waals surface area contributed by atoms with Gasteiger partial charge in [0.15, 0.2) is 10.6 Å². The second-order valence-electron chi connectivity index (χ2n) is 5.65. The van der Waals surface area contributed by atoms with E-state index < -0.39 is 12.5 Å². The lowest BCUT2D eigenvalue weighted by Crippen LogP contribution is -2.33. The molecule has 0 bridgehead atoms. The van der Waals surface area contributed by atoms with Gasteiger partial charge in [0.1, 0.15) is 5.75 Å². The van der Waals surface area contributed by atoms with Crippen LogP contribution in [0.2, 0.25) is 0 Å². The number of aromatic nitrogens is 3. The van der Waals surface area contributed by atoms with Crippen LogP contribution in [0.1, 0.15) is 6.42 Å². The molecule has 2 aromatic rings. The van der Waals surface area contributed by atoms with Gasteiger partial charge in [0.2, 0.25) is 0 Å². The minimum Gasteiger partial charge on any atom is -0.428 e. The summed E-state index contributed by atoms with van der Waals surface area (Å²) in [6.07, 6.45) is -7.68. The number of nitrogens with zero attached hydrogens (tertiary/aromatic N) is 3. The van der Waals surface area contributed by atoms with Gasteiger partial charge in [-0.1, -0.05) is 12.1 Å². The number of hydrogen-bond donors (Lipinski definition) is 1. The van der Waals surface area contributed by atoms with E-state index in [1.807, 2.05) is 19.0 Å². The standard InChI is InChI=1S/C15H18F4N4OS/c1-22(2)7-4-8-23-12(20-21-14(23)25)10-5-3-6-11(9-10)24-15(18,19)13(16)17/h3,5-6,9,13H,4,7-8H2,1-2H3,(H,21,25). The van der Waals surface area contributed by atoms with E-state index in [1.165, 1.54) is 18.2 Å². The largest absolute Gasteiger partial charge is 0.461 e. The van der Waals surface area contributed by atoms with Crippen LogP contribution in [0, 0.1) is 4.77 Å². The van der Waals surface area contributed by atoms with E-state index in [0.29, 0.717) is 22.7 Å². The molecular weight excluding hydrogens is 360 g/mol. The van der Waals surface area contributed by atoms with Crippen LogP contribution < -0.4 is 4.74 Å². The molecule has 1 N–H and O–H groups in total. The fourth-order valence-corrected chi connectivity index (χ4v) is 2.41. The number of aromatic amines is 1. The maximum Gasteiger partial charge on any atom is 0.461 e. The molecule has 0 radical (unpaired) electrons. The smallest absolute Gasteiger partial charge is 0.428 e. The van der Waals surface area contributed by atoms with Crippen LogP contribution >= 0.6 is 12.2 Å². The fraction of sp³-hybridized carbons (Fsp3) is 0.467. The lowest BCUT2D eigenvalue weighted by Gasteiger charge is -2.17. The molecule has 25 heavy (non-hydrogen) atoms. The van der Waals surface area contributed by atoms with Crippen molar-refractivity contribution in [2.24, 2.45) is 0 Å². The summed E-state index contributed by atoms with van der Waals surface area (Å²) < 4.78 is 56.9. The number of benzene rings is 1. The van der Waals surface area contributed by atoms with E-state index in [2.05, 4.69) is 14.9 Å². The molecule has 0 spiro atoms. The molecule has 138 valence electrons. The van der Waals surface area contributed by atoms with Crippen LogP contribution in [0.25, 0.3) is 11.4 Å². The van der Waals surface area contributed by atoms with Gasteiger partial charge in [0.25, 0.3) is 0 Å². The lowest BCUT2D eigenvalue weighted by molar-refractivity contribution is -0.253. The Hall–Kier alpha value is -1.94. The summed E-state index contributed by atoms with van der Waals surface area (Å²) in [5.74, 6) is 0.0473. The summed E-state index contributed by atoms with van der Waals surface area (Å²) >= 11 is 5.19. The predicted molar refractivity (Wildman–Crippen MR) is 87.6 cm³/mol. The zero-order valence-electron chi connectivity index (χ0n) is 13.7. The average Bonchev–Trinajstić information content (AvgIpc) is 2.88. The Morgan fingerprint density at radius 3 is 2.72 bits per heavy atom. The molecule has 0 aliphatic rings. The molecule has 5 nitrogen and oxygen atoms in total. The molecule has 1 heterocycles. The second kappa shape index (κ2) is 7.96. The Morgan fingerprint density at radius 1 is 1.36 bits per heavy atom. The van der Waals surface area contributed by atoms with Gasteiger partial charge in [0, 0.05) is 12.1 Å². The van der Waals surface area contributed by atoms with Gasteiger partial charge in [-0.15, -0.1) is 0 Å². The van der Waals surface area contributed by atoms with Gasteiger partial charge < -0.3 is 14.2 Å². The van der Waals surface area contributed by atoms with Crippen LogP contribution in [0.5, 0.6) is 5.75 Å². The van der Waals surface area contributed by atoms with E-state index in [-0.39, 0.29) is 5.75 Å². The monoisotopic (exact) mass is 378 g/mol.